The fourth-order valence-corrected chi connectivity index (χ4v) is 4.51. The lowest BCUT2D eigenvalue weighted by Gasteiger charge is -2.12. The molecule has 2 aromatic heterocycles. The quantitative estimate of drug-likeness (QED) is 0.644. The number of rotatable bonds is 3. The number of aryl methyl sites for hydroxylation is 3. The Bertz CT molecular complexity index is 794. The number of aromatic nitrogens is 2. The van der Waals surface area contributed by atoms with E-state index in [-0.39, 0.29) is 5.97 Å². The zero-order valence-electron chi connectivity index (χ0n) is 13.9. The number of carbonyl (C=O) groups is 1. The van der Waals surface area contributed by atoms with Crippen LogP contribution in [0.2, 0.25) is 0 Å². The van der Waals surface area contributed by atoms with Crippen molar-refractivity contribution in [3.8, 4) is 0 Å². The van der Waals surface area contributed by atoms with Gasteiger partial charge in [-0.05, 0) is 50.4 Å². The van der Waals surface area contributed by atoms with E-state index in [1.807, 2.05) is 20.2 Å². The van der Waals surface area contributed by atoms with Crippen LogP contribution >= 0.6 is 23.6 Å². The minimum atomic E-state index is -0.308. The highest BCUT2D eigenvalue weighted by atomic mass is 32.1. The van der Waals surface area contributed by atoms with Gasteiger partial charge in [0.05, 0.1) is 24.1 Å². The van der Waals surface area contributed by atoms with Crippen molar-refractivity contribution in [3.63, 3.8) is 0 Å². The van der Waals surface area contributed by atoms with Gasteiger partial charge in [0.1, 0.15) is 5.00 Å². The summed E-state index contributed by atoms with van der Waals surface area (Å²) >= 11 is 7.00. The lowest BCUT2D eigenvalue weighted by molar-refractivity contribution is 0.0601. The molecule has 0 fully saturated rings. The van der Waals surface area contributed by atoms with Crippen molar-refractivity contribution in [2.75, 3.05) is 17.7 Å². The van der Waals surface area contributed by atoms with Crippen LogP contribution in [0.1, 0.15) is 39.3 Å². The smallest absolute Gasteiger partial charge is 0.341 e. The van der Waals surface area contributed by atoms with E-state index in [2.05, 4.69) is 15.7 Å². The molecule has 2 N–H and O–H groups in total. The maximum atomic E-state index is 12.2. The van der Waals surface area contributed by atoms with E-state index in [1.165, 1.54) is 12.0 Å². The van der Waals surface area contributed by atoms with Crippen LogP contribution in [0.3, 0.4) is 0 Å². The van der Waals surface area contributed by atoms with Crippen molar-refractivity contribution in [1.82, 2.24) is 9.78 Å². The van der Waals surface area contributed by atoms with Crippen LogP contribution in [0, 0.1) is 6.92 Å². The van der Waals surface area contributed by atoms with Gasteiger partial charge in [-0.25, -0.2) is 4.79 Å². The third-order valence-electron chi connectivity index (χ3n) is 4.05. The number of thiocarbonyl (C=S) groups is 1. The van der Waals surface area contributed by atoms with Crippen LogP contribution in [0.5, 0.6) is 0 Å². The van der Waals surface area contributed by atoms with E-state index in [0.29, 0.717) is 10.7 Å². The summed E-state index contributed by atoms with van der Waals surface area (Å²) in [5.41, 5.74) is 3.45. The Morgan fingerprint density at radius 2 is 2.12 bits per heavy atom. The molecule has 0 aliphatic heterocycles. The van der Waals surface area contributed by atoms with Crippen LogP contribution in [-0.4, -0.2) is 28.0 Å². The standard InChI is InChI=1S/C16H20N4O2S2/c1-9-11(8-20(2)19-9)17-16(23)18-14-13(15(21)22-3)10-6-4-5-7-12(10)24-14/h8H,4-7H2,1-3H3,(H2,17,18,23). The fraction of sp³-hybridized carbons (Fsp3) is 0.438. The topological polar surface area (TPSA) is 68.2 Å². The lowest BCUT2D eigenvalue weighted by atomic mass is 9.95. The van der Waals surface area contributed by atoms with Gasteiger partial charge in [-0.2, -0.15) is 5.10 Å². The van der Waals surface area contributed by atoms with Gasteiger partial charge >= 0.3 is 5.97 Å². The molecule has 3 rings (SSSR count). The molecular formula is C16H20N4O2S2. The zero-order valence-corrected chi connectivity index (χ0v) is 15.6. The molecule has 24 heavy (non-hydrogen) atoms. The maximum absolute atomic E-state index is 12.2. The van der Waals surface area contributed by atoms with Gasteiger partial charge in [-0.15, -0.1) is 11.3 Å². The Labute approximate surface area is 150 Å². The molecule has 0 aromatic carbocycles. The van der Waals surface area contributed by atoms with E-state index in [4.69, 9.17) is 17.0 Å². The number of nitrogens with one attached hydrogen (secondary N) is 2. The van der Waals surface area contributed by atoms with E-state index in [1.54, 1.807) is 16.0 Å². The normalized spacial score (nSPS) is 13.3. The summed E-state index contributed by atoms with van der Waals surface area (Å²) in [6, 6.07) is 0. The molecule has 0 saturated heterocycles. The van der Waals surface area contributed by atoms with Gasteiger partial charge in [-0.1, -0.05) is 0 Å². The molecule has 0 radical (unpaired) electrons. The molecule has 0 atom stereocenters. The first-order chi connectivity index (χ1) is 11.5. The highest BCUT2D eigenvalue weighted by molar-refractivity contribution is 7.80. The first-order valence-corrected chi connectivity index (χ1v) is 9.03. The number of methoxy groups -OCH3 is 1. The number of carbonyl (C=O) groups excluding carboxylic acids is 1. The van der Waals surface area contributed by atoms with Crippen molar-refractivity contribution in [2.45, 2.75) is 32.6 Å². The third-order valence-corrected chi connectivity index (χ3v) is 5.46. The van der Waals surface area contributed by atoms with Crippen molar-refractivity contribution in [2.24, 2.45) is 7.05 Å². The average molecular weight is 364 g/mol. The number of anilines is 2. The van der Waals surface area contributed by atoms with Gasteiger partial charge in [0.2, 0.25) is 0 Å². The number of fused-ring (bicyclic) bond motifs is 1. The second-order valence-corrected chi connectivity index (χ2v) is 7.30. The number of esters is 1. The predicted octanol–water partition coefficient (Wildman–Crippen LogP) is 3.26. The maximum Gasteiger partial charge on any atom is 0.341 e. The summed E-state index contributed by atoms with van der Waals surface area (Å²) < 4.78 is 6.70. The molecule has 1 aliphatic carbocycles. The summed E-state index contributed by atoms with van der Waals surface area (Å²) in [6.07, 6.45) is 6.05. The fourth-order valence-electron chi connectivity index (χ4n) is 2.95. The molecule has 8 heteroatoms. The molecule has 6 nitrogen and oxygen atoms in total. The van der Waals surface area contributed by atoms with Crippen LogP contribution < -0.4 is 10.6 Å². The first kappa shape index (κ1) is 16.9. The van der Waals surface area contributed by atoms with Gasteiger partial charge in [-0.3, -0.25) is 4.68 Å². The highest BCUT2D eigenvalue weighted by Crippen LogP contribution is 2.38. The van der Waals surface area contributed by atoms with Crippen LogP contribution in [-0.2, 0) is 24.6 Å². The molecule has 0 spiro atoms. The van der Waals surface area contributed by atoms with Gasteiger partial charge in [0.15, 0.2) is 5.11 Å². The second kappa shape index (κ2) is 6.90. The van der Waals surface area contributed by atoms with Crippen molar-refractivity contribution in [1.29, 1.82) is 0 Å². The molecule has 0 unspecified atom stereocenters. The van der Waals surface area contributed by atoms with E-state index >= 15 is 0 Å². The van der Waals surface area contributed by atoms with Crippen molar-refractivity contribution in [3.05, 3.63) is 27.9 Å². The van der Waals surface area contributed by atoms with Gasteiger partial charge in [0.25, 0.3) is 0 Å². The molecular weight excluding hydrogens is 344 g/mol. The minimum absolute atomic E-state index is 0.308. The van der Waals surface area contributed by atoms with E-state index < -0.39 is 0 Å². The Morgan fingerprint density at radius 1 is 1.38 bits per heavy atom. The van der Waals surface area contributed by atoms with Crippen LogP contribution in [0.25, 0.3) is 0 Å². The lowest BCUT2D eigenvalue weighted by Crippen LogP contribution is -2.20. The number of ether oxygens (including phenoxy) is 1. The summed E-state index contributed by atoms with van der Waals surface area (Å²) in [5.74, 6) is -0.308. The average Bonchev–Trinajstić information content (AvgIpc) is 3.05. The van der Waals surface area contributed by atoms with Crippen LogP contribution in [0.15, 0.2) is 6.20 Å². The molecule has 0 saturated carbocycles. The SMILES string of the molecule is COC(=O)c1c(NC(=S)Nc2cn(C)nc2C)sc2c1CCCC2. The molecule has 128 valence electrons. The Hall–Kier alpha value is -1.93. The van der Waals surface area contributed by atoms with Gasteiger partial charge in [0, 0.05) is 18.1 Å². The summed E-state index contributed by atoms with van der Waals surface area (Å²) in [4.78, 5) is 13.5. The van der Waals surface area contributed by atoms with Crippen molar-refractivity contribution < 1.29 is 9.53 Å². The Morgan fingerprint density at radius 3 is 2.79 bits per heavy atom. The molecule has 0 bridgehead atoms. The Balaban J connectivity index is 1.84. The molecule has 1 aliphatic rings. The van der Waals surface area contributed by atoms with E-state index in [9.17, 15) is 4.79 Å². The number of hydrogen-bond acceptors (Lipinski definition) is 5. The Kier molecular flexibility index (Phi) is 4.86. The predicted molar refractivity (Wildman–Crippen MR) is 100 cm³/mol. The second-order valence-electron chi connectivity index (χ2n) is 5.79. The monoisotopic (exact) mass is 364 g/mol. The van der Waals surface area contributed by atoms with Crippen LogP contribution in [0.4, 0.5) is 10.7 Å². The number of thiophene rings is 1. The zero-order chi connectivity index (χ0) is 17.3. The summed E-state index contributed by atoms with van der Waals surface area (Å²) in [5, 5.41) is 11.8. The summed E-state index contributed by atoms with van der Waals surface area (Å²) in [6.45, 7) is 1.91. The number of nitrogens with zero attached hydrogens (tertiary/aromatic N) is 2. The summed E-state index contributed by atoms with van der Waals surface area (Å²) in [7, 11) is 3.27. The van der Waals surface area contributed by atoms with Crippen molar-refractivity contribution >= 4 is 45.3 Å². The third kappa shape index (κ3) is 3.29. The minimum Gasteiger partial charge on any atom is -0.465 e. The van der Waals surface area contributed by atoms with E-state index in [0.717, 1.165) is 47.6 Å². The highest BCUT2D eigenvalue weighted by Gasteiger charge is 2.26. The van der Waals surface area contributed by atoms with Gasteiger partial charge < -0.3 is 15.4 Å². The first-order valence-electron chi connectivity index (χ1n) is 7.80. The molecule has 2 heterocycles. The largest absolute Gasteiger partial charge is 0.465 e. The number of hydrogen-bond donors (Lipinski definition) is 2. The molecule has 2 aromatic rings. The molecule has 0 amide bonds.